The lowest BCUT2D eigenvalue weighted by atomic mass is 10.0. The number of nitrogens with zero attached hydrogens (tertiary/aromatic N) is 3. The van der Waals surface area contributed by atoms with E-state index in [0.717, 1.165) is 18.9 Å². The minimum Gasteiger partial charge on any atom is -0.360 e. The van der Waals surface area contributed by atoms with Gasteiger partial charge in [0.25, 0.3) is 0 Å². The van der Waals surface area contributed by atoms with E-state index in [2.05, 4.69) is 53.3 Å². The molecule has 1 aromatic heterocycles. The summed E-state index contributed by atoms with van der Waals surface area (Å²) >= 11 is 0. The topological polar surface area (TPSA) is 31.4 Å². The van der Waals surface area contributed by atoms with Crippen molar-refractivity contribution in [2.24, 2.45) is 0 Å². The summed E-state index contributed by atoms with van der Waals surface area (Å²) < 4.78 is 0. The van der Waals surface area contributed by atoms with Crippen LogP contribution in [-0.2, 0) is 6.54 Å². The molecule has 1 saturated heterocycles. The van der Waals surface area contributed by atoms with E-state index in [1.807, 2.05) is 6.20 Å². The molecule has 0 bridgehead atoms. The van der Waals surface area contributed by atoms with Gasteiger partial charge in [0.2, 0.25) is 0 Å². The van der Waals surface area contributed by atoms with Crippen molar-refractivity contribution in [3.05, 3.63) is 23.9 Å². The fourth-order valence-corrected chi connectivity index (χ4v) is 2.54. The Morgan fingerprint density at radius 1 is 1.37 bits per heavy atom. The highest BCUT2D eigenvalue weighted by atomic mass is 15.2. The van der Waals surface area contributed by atoms with Crippen molar-refractivity contribution >= 4 is 5.82 Å². The second-order valence-corrected chi connectivity index (χ2v) is 5.38. The van der Waals surface area contributed by atoms with Gasteiger partial charge in [-0.1, -0.05) is 6.07 Å². The van der Waals surface area contributed by atoms with E-state index < -0.39 is 0 Å². The Hall–Kier alpha value is -1.13. The zero-order chi connectivity index (χ0) is 13.7. The van der Waals surface area contributed by atoms with Crippen LogP contribution in [0, 0.1) is 0 Å². The maximum absolute atomic E-state index is 4.53. The smallest absolute Gasteiger partial charge is 0.128 e. The third-order valence-electron chi connectivity index (χ3n) is 4.08. The first-order valence-electron chi connectivity index (χ1n) is 7.28. The van der Waals surface area contributed by atoms with Crippen molar-refractivity contribution < 1.29 is 0 Å². The minimum atomic E-state index is 0.704. The van der Waals surface area contributed by atoms with Crippen LogP contribution in [-0.4, -0.2) is 49.7 Å². The third kappa shape index (κ3) is 3.91. The SMILES string of the molecule is CCN(C)c1ccc(CN2CCC(NC)CC2)cn1. The van der Waals surface area contributed by atoms with E-state index in [1.54, 1.807) is 0 Å². The van der Waals surface area contributed by atoms with Crippen molar-refractivity contribution in [1.82, 2.24) is 15.2 Å². The van der Waals surface area contributed by atoms with Gasteiger partial charge in [0.1, 0.15) is 5.82 Å². The Morgan fingerprint density at radius 3 is 2.63 bits per heavy atom. The molecule has 1 fully saturated rings. The van der Waals surface area contributed by atoms with Crippen LogP contribution >= 0.6 is 0 Å². The van der Waals surface area contributed by atoms with Crippen LogP contribution in [0.3, 0.4) is 0 Å². The molecule has 0 saturated carbocycles. The maximum Gasteiger partial charge on any atom is 0.128 e. The summed E-state index contributed by atoms with van der Waals surface area (Å²) in [6, 6.07) is 5.03. The number of nitrogens with one attached hydrogen (secondary N) is 1. The van der Waals surface area contributed by atoms with Crippen molar-refractivity contribution in [2.45, 2.75) is 32.4 Å². The van der Waals surface area contributed by atoms with Crippen LogP contribution in [0.15, 0.2) is 18.3 Å². The van der Waals surface area contributed by atoms with E-state index in [9.17, 15) is 0 Å². The number of anilines is 1. The summed E-state index contributed by atoms with van der Waals surface area (Å²) in [5, 5.41) is 3.37. The zero-order valence-corrected chi connectivity index (χ0v) is 12.4. The summed E-state index contributed by atoms with van der Waals surface area (Å²) in [6.07, 6.45) is 4.52. The summed E-state index contributed by atoms with van der Waals surface area (Å²) in [5.41, 5.74) is 1.32. The predicted octanol–water partition coefficient (Wildman–Crippen LogP) is 1.72. The van der Waals surface area contributed by atoms with Crippen molar-refractivity contribution in [2.75, 3.05) is 38.6 Å². The number of likely N-dealkylation sites (tertiary alicyclic amines) is 1. The number of rotatable bonds is 5. The average Bonchev–Trinajstić information content (AvgIpc) is 2.48. The molecule has 106 valence electrons. The lowest BCUT2D eigenvalue weighted by Gasteiger charge is -2.31. The van der Waals surface area contributed by atoms with Crippen molar-refractivity contribution in [3.63, 3.8) is 0 Å². The Labute approximate surface area is 116 Å². The lowest BCUT2D eigenvalue weighted by molar-refractivity contribution is 0.194. The fourth-order valence-electron chi connectivity index (χ4n) is 2.54. The molecular formula is C15H26N4. The number of aromatic nitrogens is 1. The van der Waals surface area contributed by atoms with E-state index >= 15 is 0 Å². The molecule has 0 atom stereocenters. The van der Waals surface area contributed by atoms with Gasteiger partial charge in [-0.2, -0.15) is 0 Å². The van der Waals surface area contributed by atoms with Crippen molar-refractivity contribution in [3.8, 4) is 0 Å². The van der Waals surface area contributed by atoms with Gasteiger partial charge in [-0.05, 0) is 51.5 Å². The Bertz CT molecular complexity index is 368. The summed E-state index contributed by atoms with van der Waals surface area (Å²) in [4.78, 5) is 9.21. The van der Waals surface area contributed by atoms with Crippen LogP contribution in [0.5, 0.6) is 0 Å². The van der Waals surface area contributed by atoms with Crippen LogP contribution in [0.2, 0.25) is 0 Å². The highest BCUT2D eigenvalue weighted by Crippen LogP contribution is 2.15. The molecule has 1 N–H and O–H groups in total. The fraction of sp³-hybridized carbons (Fsp3) is 0.667. The number of pyridine rings is 1. The molecule has 19 heavy (non-hydrogen) atoms. The number of hydrogen-bond donors (Lipinski definition) is 1. The standard InChI is InChI=1S/C15H26N4/c1-4-18(3)15-6-5-13(11-17-15)12-19-9-7-14(16-2)8-10-19/h5-6,11,14,16H,4,7-10,12H2,1-3H3. The molecule has 1 aliphatic heterocycles. The Balaban J connectivity index is 1.86. The minimum absolute atomic E-state index is 0.704. The molecule has 0 radical (unpaired) electrons. The quantitative estimate of drug-likeness (QED) is 0.875. The van der Waals surface area contributed by atoms with Gasteiger partial charge >= 0.3 is 0 Å². The molecular weight excluding hydrogens is 236 g/mol. The Morgan fingerprint density at radius 2 is 2.11 bits per heavy atom. The molecule has 1 aliphatic rings. The highest BCUT2D eigenvalue weighted by Gasteiger charge is 2.17. The first-order chi connectivity index (χ1) is 9.22. The molecule has 4 heteroatoms. The molecule has 4 nitrogen and oxygen atoms in total. The average molecular weight is 262 g/mol. The third-order valence-corrected chi connectivity index (χ3v) is 4.08. The van der Waals surface area contributed by atoms with Crippen molar-refractivity contribution in [1.29, 1.82) is 0 Å². The normalized spacial score (nSPS) is 17.6. The highest BCUT2D eigenvalue weighted by molar-refractivity contribution is 5.37. The van der Waals surface area contributed by atoms with Gasteiger partial charge < -0.3 is 10.2 Å². The van der Waals surface area contributed by atoms with Gasteiger partial charge in [-0.25, -0.2) is 4.98 Å². The molecule has 0 aliphatic carbocycles. The summed E-state index contributed by atoms with van der Waals surface area (Å²) in [5.74, 6) is 1.06. The zero-order valence-electron chi connectivity index (χ0n) is 12.4. The molecule has 0 unspecified atom stereocenters. The second-order valence-electron chi connectivity index (χ2n) is 5.38. The van der Waals surface area contributed by atoms with E-state index in [-0.39, 0.29) is 0 Å². The van der Waals surface area contributed by atoms with Gasteiger partial charge in [0, 0.05) is 32.4 Å². The Kier molecular flexibility index (Phi) is 5.16. The number of hydrogen-bond acceptors (Lipinski definition) is 4. The lowest BCUT2D eigenvalue weighted by Crippen LogP contribution is -2.40. The van der Waals surface area contributed by atoms with Crippen LogP contribution in [0.1, 0.15) is 25.3 Å². The molecule has 0 amide bonds. The summed E-state index contributed by atoms with van der Waals surface area (Å²) in [6.45, 7) is 6.52. The molecule has 1 aromatic rings. The first-order valence-corrected chi connectivity index (χ1v) is 7.28. The van der Waals surface area contributed by atoms with Crippen LogP contribution < -0.4 is 10.2 Å². The summed E-state index contributed by atoms with van der Waals surface area (Å²) in [7, 11) is 4.14. The maximum atomic E-state index is 4.53. The number of piperidine rings is 1. The monoisotopic (exact) mass is 262 g/mol. The molecule has 2 heterocycles. The van der Waals surface area contributed by atoms with E-state index in [4.69, 9.17) is 0 Å². The molecule has 0 spiro atoms. The van der Waals surface area contributed by atoms with Crippen LogP contribution in [0.25, 0.3) is 0 Å². The van der Waals surface area contributed by atoms with Gasteiger partial charge in [0.15, 0.2) is 0 Å². The molecule has 0 aromatic carbocycles. The first kappa shape index (κ1) is 14.3. The molecule has 2 rings (SSSR count). The van der Waals surface area contributed by atoms with Crippen LogP contribution in [0.4, 0.5) is 5.82 Å². The van der Waals surface area contributed by atoms with E-state index in [0.29, 0.717) is 6.04 Å². The second kappa shape index (κ2) is 6.87. The van der Waals surface area contributed by atoms with Gasteiger partial charge in [-0.15, -0.1) is 0 Å². The predicted molar refractivity (Wildman–Crippen MR) is 80.5 cm³/mol. The largest absolute Gasteiger partial charge is 0.360 e. The van der Waals surface area contributed by atoms with E-state index in [1.165, 1.54) is 31.5 Å². The van der Waals surface area contributed by atoms with Gasteiger partial charge in [-0.3, -0.25) is 4.90 Å². The van der Waals surface area contributed by atoms with Gasteiger partial charge in [0.05, 0.1) is 0 Å².